The first kappa shape index (κ1) is 35.5. The molecule has 11 heteroatoms. The van der Waals surface area contributed by atoms with Crippen LogP contribution < -0.4 is 10.0 Å². The number of nitrogens with one attached hydrogen (secondary N) is 2. The summed E-state index contributed by atoms with van der Waals surface area (Å²) < 4.78 is 42.1. The number of hydrogen-bond acceptors (Lipinski definition) is 8. The molecular formula is C39H39N3O6S2. The maximum absolute atomic E-state index is 13.6. The molecule has 0 spiro atoms. The van der Waals surface area contributed by atoms with Crippen LogP contribution in [-0.2, 0) is 37.3 Å². The number of aromatic nitrogens is 1. The van der Waals surface area contributed by atoms with Crippen LogP contribution in [0.3, 0.4) is 0 Å². The fourth-order valence-corrected chi connectivity index (χ4v) is 7.67. The number of thioether (sulfide) groups is 1. The fourth-order valence-electron chi connectivity index (χ4n) is 5.60. The number of nitrogens with zero attached hydrogens (tertiary/aromatic N) is 1. The highest BCUT2D eigenvalue weighted by molar-refractivity contribution is 7.99. The van der Waals surface area contributed by atoms with Crippen molar-refractivity contribution >= 4 is 33.4 Å². The third kappa shape index (κ3) is 9.45. The SMILES string of the molecule is Cc1ccc(S(=O)(=O)N[C@H](Cc2ccccc2)C(=O)Nc2ccc([C@@H]3O[C@H](CSc4ccccn4)C[C@H](c4ccc(CO)cc4)O3)cc2)cc1. The van der Waals surface area contributed by atoms with E-state index in [1.54, 1.807) is 42.2 Å². The van der Waals surface area contributed by atoms with Gasteiger partial charge in [-0.1, -0.05) is 90.5 Å². The Bertz CT molecular complexity index is 1940. The minimum absolute atomic E-state index is 0.0323. The van der Waals surface area contributed by atoms with Gasteiger partial charge in [0.1, 0.15) is 6.04 Å². The molecule has 50 heavy (non-hydrogen) atoms. The monoisotopic (exact) mass is 709 g/mol. The Kier molecular flexibility index (Phi) is 11.7. The van der Waals surface area contributed by atoms with Gasteiger partial charge in [0.15, 0.2) is 6.29 Å². The molecule has 3 N–H and O–H groups in total. The number of ether oxygens (including phenoxy) is 2. The molecule has 0 unspecified atom stereocenters. The van der Waals surface area contributed by atoms with Gasteiger partial charge < -0.3 is 19.9 Å². The summed E-state index contributed by atoms with van der Waals surface area (Å²) >= 11 is 1.62. The van der Waals surface area contributed by atoms with Gasteiger partial charge in [-0.3, -0.25) is 4.79 Å². The summed E-state index contributed by atoms with van der Waals surface area (Å²) in [6, 6.07) is 35.4. The zero-order chi connectivity index (χ0) is 34.9. The lowest BCUT2D eigenvalue weighted by molar-refractivity contribution is -0.245. The number of rotatable bonds is 13. The van der Waals surface area contributed by atoms with E-state index in [1.807, 2.05) is 91.9 Å². The van der Waals surface area contributed by atoms with Crippen molar-refractivity contribution < 1.29 is 27.8 Å². The second-order valence-electron chi connectivity index (χ2n) is 12.1. The molecule has 6 rings (SSSR count). The van der Waals surface area contributed by atoms with Crippen LogP contribution in [0.25, 0.3) is 0 Å². The zero-order valence-corrected chi connectivity index (χ0v) is 29.1. The van der Waals surface area contributed by atoms with E-state index in [0.717, 1.165) is 32.8 Å². The first-order chi connectivity index (χ1) is 24.3. The molecule has 0 aliphatic carbocycles. The van der Waals surface area contributed by atoms with Crippen LogP contribution in [0.1, 0.15) is 46.6 Å². The Hall–Kier alpha value is -4.36. The first-order valence-electron chi connectivity index (χ1n) is 16.3. The number of hydrogen-bond donors (Lipinski definition) is 3. The largest absolute Gasteiger partial charge is 0.392 e. The summed E-state index contributed by atoms with van der Waals surface area (Å²) in [5.74, 6) is 0.192. The van der Waals surface area contributed by atoms with Crippen molar-refractivity contribution in [3.63, 3.8) is 0 Å². The molecule has 2 heterocycles. The van der Waals surface area contributed by atoms with Gasteiger partial charge in [0.25, 0.3) is 0 Å². The van der Waals surface area contributed by atoms with Crippen molar-refractivity contribution in [3.05, 3.63) is 155 Å². The lowest BCUT2D eigenvalue weighted by atomic mass is 10.0. The molecule has 258 valence electrons. The minimum atomic E-state index is -3.98. The normalized spacial score (nSPS) is 18.3. The van der Waals surface area contributed by atoms with Crippen molar-refractivity contribution in [2.75, 3.05) is 11.1 Å². The fraction of sp³-hybridized carbons (Fsp3) is 0.231. The van der Waals surface area contributed by atoms with Crippen molar-refractivity contribution in [2.45, 2.75) is 60.8 Å². The highest BCUT2D eigenvalue weighted by atomic mass is 32.2. The Labute approximate surface area is 297 Å². The topological polar surface area (TPSA) is 127 Å². The number of benzene rings is 4. The molecule has 1 aliphatic heterocycles. The van der Waals surface area contributed by atoms with E-state index in [-0.39, 0.29) is 30.1 Å². The quantitative estimate of drug-likeness (QED) is 0.115. The predicted molar refractivity (Wildman–Crippen MR) is 194 cm³/mol. The van der Waals surface area contributed by atoms with Crippen molar-refractivity contribution in [1.82, 2.24) is 9.71 Å². The second-order valence-corrected chi connectivity index (χ2v) is 14.9. The molecule has 1 aliphatic rings. The summed E-state index contributed by atoms with van der Waals surface area (Å²) in [4.78, 5) is 18.1. The molecule has 1 fully saturated rings. The molecule has 1 amide bonds. The van der Waals surface area contributed by atoms with Crippen LogP contribution in [0, 0.1) is 6.92 Å². The molecule has 0 saturated carbocycles. The molecule has 1 aromatic heterocycles. The summed E-state index contributed by atoms with van der Waals surface area (Å²) in [7, 11) is -3.98. The van der Waals surface area contributed by atoms with E-state index >= 15 is 0 Å². The average Bonchev–Trinajstić information content (AvgIpc) is 3.15. The van der Waals surface area contributed by atoms with Crippen LogP contribution in [0.15, 0.2) is 137 Å². The summed E-state index contributed by atoms with van der Waals surface area (Å²) in [5.41, 5.74) is 4.84. The number of pyridine rings is 1. The summed E-state index contributed by atoms with van der Waals surface area (Å²) in [6.07, 6.45) is 1.53. The van der Waals surface area contributed by atoms with Crippen LogP contribution >= 0.6 is 11.8 Å². The Morgan fingerprint density at radius 1 is 0.860 bits per heavy atom. The third-order valence-electron chi connectivity index (χ3n) is 8.35. The lowest BCUT2D eigenvalue weighted by Gasteiger charge is -2.36. The molecule has 9 nitrogen and oxygen atoms in total. The molecule has 0 radical (unpaired) electrons. The van der Waals surface area contributed by atoms with Crippen molar-refractivity contribution in [1.29, 1.82) is 0 Å². The van der Waals surface area contributed by atoms with E-state index in [0.29, 0.717) is 17.9 Å². The summed E-state index contributed by atoms with van der Waals surface area (Å²) in [6.45, 7) is 1.85. The van der Waals surface area contributed by atoms with Gasteiger partial charge in [0.05, 0.1) is 28.7 Å². The second kappa shape index (κ2) is 16.6. The predicted octanol–water partition coefficient (Wildman–Crippen LogP) is 6.75. The molecule has 5 aromatic rings. The maximum Gasteiger partial charge on any atom is 0.242 e. The highest BCUT2D eigenvalue weighted by Crippen LogP contribution is 2.39. The lowest BCUT2D eigenvalue weighted by Crippen LogP contribution is -2.45. The van der Waals surface area contributed by atoms with Crippen LogP contribution in [0.2, 0.25) is 0 Å². The average molecular weight is 710 g/mol. The third-order valence-corrected chi connectivity index (χ3v) is 10.9. The van der Waals surface area contributed by atoms with Gasteiger partial charge in [0, 0.05) is 29.6 Å². The Balaban J connectivity index is 1.17. The minimum Gasteiger partial charge on any atom is -0.392 e. The number of carbonyl (C=O) groups excluding carboxylic acids is 1. The number of amides is 1. The van der Waals surface area contributed by atoms with Gasteiger partial charge >= 0.3 is 0 Å². The number of aliphatic hydroxyl groups excluding tert-OH is 1. The van der Waals surface area contributed by atoms with Gasteiger partial charge in [-0.25, -0.2) is 13.4 Å². The Morgan fingerprint density at radius 2 is 1.56 bits per heavy atom. The van der Waals surface area contributed by atoms with E-state index in [4.69, 9.17) is 9.47 Å². The van der Waals surface area contributed by atoms with Crippen LogP contribution in [0.5, 0.6) is 0 Å². The molecule has 4 atom stereocenters. The molecular weight excluding hydrogens is 671 g/mol. The zero-order valence-electron chi connectivity index (χ0n) is 27.5. The van der Waals surface area contributed by atoms with E-state index < -0.39 is 28.3 Å². The standard InChI is InChI=1S/C39H39N3O6S2/c1-27-10-20-34(21-11-27)50(45,46)42-35(23-28-7-3-2-4-8-28)38(44)41-32-18-16-31(17-19-32)39-47-33(26-49-37-9-5-6-22-40-37)24-36(48-39)30-14-12-29(25-43)13-15-30/h2-22,33,35-36,39,42-43H,23-26H2,1H3,(H,41,44)/t33-,35+,36+,39+/m0/s1. The molecule has 0 bridgehead atoms. The van der Waals surface area contributed by atoms with E-state index in [2.05, 4.69) is 15.0 Å². The molecule has 4 aromatic carbocycles. The van der Waals surface area contributed by atoms with Crippen LogP contribution in [-0.4, -0.2) is 42.3 Å². The Morgan fingerprint density at radius 3 is 2.24 bits per heavy atom. The number of carbonyl (C=O) groups is 1. The van der Waals surface area contributed by atoms with E-state index in [1.165, 1.54) is 12.1 Å². The number of sulfonamides is 1. The number of anilines is 1. The smallest absolute Gasteiger partial charge is 0.242 e. The van der Waals surface area contributed by atoms with Crippen LogP contribution in [0.4, 0.5) is 5.69 Å². The highest BCUT2D eigenvalue weighted by Gasteiger charge is 2.32. The maximum atomic E-state index is 13.6. The van der Waals surface area contributed by atoms with Gasteiger partial charge in [-0.05, 0) is 66.4 Å². The van der Waals surface area contributed by atoms with Crippen molar-refractivity contribution in [3.8, 4) is 0 Å². The number of aliphatic hydroxyl groups is 1. The van der Waals surface area contributed by atoms with Gasteiger partial charge in [0.2, 0.25) is 15.9 Å². The first-order valence-corrected chi connectivity index (χ1v) is 18.8. The van der Waals surface area contributed by atoms with E-state index in [9.17, 15) is 18.3 Å². The van der Waals surface area contributed by atoms with Crippen molar-refractivity contribution in [2.24, 2.45) is 0 Å². The molecule has 1 saturated heterocycles. The van der Waals surface area contributed by atoms with Gasteiger partial charge in [-0.15, -0.1) is 11.8 Å². The number of aryl methyl sites for hydroxylation is 1. The summed E-state index contributed by atoms with van der Waals surface area (Å²) in [5, 5.41) is 13.3. The van der Waals surface area contributed by atoms with Gasteiger partial charge in [-0.2, -0.15) is 4.72 Å².